The summed E-state index contributed by atoms with van der Waals surface area (Å²) < 4.78 is 12.8. The summed E-state index contributed by atoms with van der Waals surface area (Å²) in [6.45, 7) is 1.62. The van der Waals surface area contributed by atoms with Crippen molar-refractivity contribution < 1.29 is 19.4 Å². The number of hydrogen-bond donors (Lipinski definition) is 2. The van der Waals surface area contributed by atoms with E-state index in [1.54, 1.807) is 43.3 Å². The van der Waals surface area contributed by atoms with Crippen LogP contribution in [0.3, 0.4) is 0 Å². The van der Waals surface area contributed by atoms with Gasteiger partial charge >= 0.3 is 5.97 Å². The number of dihydropyridines is 1. The molecule has 0 bridgehead atoms. The Labute approximate surface area is 175 Å². The lowest BCUT2D eigenvalue weighted by molar-refractivity contribution is -0.384. The number of nitro benzene ring substituents is 1. The number of nitro groups is 1. The van der Waals surface area contributed by atoms with Crippen molar-refractivity contribution in [3.8, 4) is 6.07 Å². The molecule has 0 aliphatic carbocycles. The van der Waals surface area contributed by atoms with Crippen molar-refractivity contribution in [1.82, 2.24) is 5.32 Å². The molecule has 0 amide bonds. The molecule has 2 unspecified atom stereocenters. The number of allylic oxidation sites excluding steroid dienone is 2. The fourth-order valence-electron chi connectivity index (χ4n) is 3.35. The lowest BCUT2D eigenvalue weighted by atomic mass is 9.81. The van der Waals surface area contributed by atoms with E-state index >= 15 is 0 Å². The molecule has 2 aromatic carbocycles. The molecular weight excluding hydrogens is 406 g/mol. The van der Waals surface area contributed by atoms with Crippen LogP contribution in [0.5, 0.6) is 0 Å². The highest BCUT2D eigenvalue weighted by Crippen LogP contribution is 2.39. The number of nitriles is 1. The third kappa shape index (κ3) is 4.20. The van der Waals surface area contributed by atoms with Crippen LogP contribution >= 0.6 is 0 Å². The number of carboxylic acid groups (broad SMARTS) is 1. The van der Waals surface area contributed by atoms with E-state index in [2.05, 4.69) is 5.32 Å². The molecule has 3 rings (SSSR count). The molecule has 1 aliphatic heterocycles. The van der Waals surface area contributed by atoms with Crippen LogP contribution in [0.1, 0.15) is 18.4 Å². The Kier molecular flexibility index (Phi) is 6.20. The molecule has 30 heavy (non-hydrogen) atoms. The number of nitrogens with zero attached hydrogens (tertiary/aromatic N) is 2. The van der Waals surface area contributed by atoms with E-state index in [4.69, 9.17) is 0 Å². The fraction of sp³-hybridized carbons (Fsp3) is 0.143. The highest BCUT2D eigenvalue weighted by molar-refractivity contribution is 7.91. The van der Waals surface area contributed by atoms with Crippen LogP contribution in [0, 0.1) is 21.4 Å². The molecule has 1 aliphatic rings. The van der Waals surface area contributed by atoms with Gasteiger partial charge in [-0.15, -0.1) is 0 Å². The Morgan fingerprint density at radius 3 is 2.57 bits per heavy atom. The molecule has 0 spiro atoms. The van der Waals surface area contributed by atoms with Gasteiger partial charge in [0.05, 0.1) is 33.8 Å². The maximum Gasteiger partial charge on any atom is 0.334 e. The number of hydrogen-bond acceptors (Lipinski definition) is 6. The first-order chi connectivity index (χ1) is 14.3. The smallest absolute Gasteiger partial charge is 0.334 e. The van der Waals surface area contributed by atoms with Crippen molar-refractivity contribution in [2.45, 2.75) is 17.7 Å². The minimum atomic E-state index is -1.53. The molecule has 1 heterocycles. The Bertz CT molecular complexity index is 1110. The first-order valence-corrected chi connectivity index (χ1v) is 10.2. The quantitative estimate of drug-likeness (QED) is 0.413. The van der Waals surface area contributed by atoms with Crippen LogP contribution in [0.4, 0.5) is 5.69 Å². The lowest BCUT2D eigenvalue weighted by Crippen LogP contribution is -2.32. The van der Waals surface area contributed by atoms with E-state index in [9.17, 15) is 29.8 Å². The van der Waals surface area contributed by atoms with E-state index in [0.29, 0.717) is 16.2 Å². The van der Waals surface area contributed by atoms with Gasteiger partial charge < -0.3 is 15.0 Å². The molecule has 152 valence electrons. The van der Waals surface area contributed by atoms with Crippen LogP contribution < -0.4 is 5.32 Å². The van der Waals surface area contributed by atoms with Crippen LogP contribution in [0.25, 0.3) is 0 Å². The first kappa shape index (κ1) is 21.1. The average Bonchev–Trinajstić information content (AvgIpc) is 2.73. The fourth-order valence-corrected chi connectivity index (χ4v) is 4.47. The third-order valence-electron chi connectivity index (χ3n) is 4.69. The standard InChI is InChI=1S/C21H17N3O5S/c1-13-17(11-22)19(14-6-5-7-15(10-14)24(27)28)20(21(25)26)18(23-13)12-30(29)16-8-3-2-4-9-16/h2-10,19,23H,12H2,1H3,(H,25,26). The molecule has 9 heteroatoms. The first-order valence-electron chi connectivity index (χ1n) is 8.85. The van der Waals surface area contributed by atoms with Crippen molar-refractivity contribution in [2.75, 3.05) is 5.75 Å². The normalized spacial score (nSPS) is 17.2. The van der Waals surface area contributed by atoms with Gasteiger partial charge in [0.1, 0.15) is 0 Å². The van der Waals surface area contributed by atoms with Gasteiger partial charge in [0.25, 0.3) is 5.69 Å². The van der Waals surface area contributed by atoms with Gasteiger partial charge in [-0.1, -0.05) is 30.3 Å². The highest BCUT2D eigenvalue weighted by atomic mass is 32.2. The summed E-state index contributed by atoms with van der Waals surface area (Å²) in [5, 5.41) is 33.7. The van der Waals surface area contributed by atoms with Gasteiger partial charge in [0, 0.05) is 17.8 Å². The second-order valence-electron chi connectivity index (χ2n) is 6.56. The molecule has 2 atom stereocenters. The molecule has 2 aromatic rings. The van der Waals surface area contributed by atoms with E-state index in [0.717, 1.165) is 0 Å². The van der Waals surface area contributed by atoms with Gasteiger partial charge in [-0.05, 0) is 35.8 Å². The molecule has 0 saturated carbocycles. The summed E-state index contributed by atoms with van der Waals surface area (Å²) in [5.74, 6) is -2.41. The lowest BCUT2D eigenvalue weighted by Gasteiger charge is -2.29. The largest absolute Gasteiger partial charge is 0.611 e. The van der Waals surface area contributed by atoms with Crippen molar-refractivity contribution in [3.05, 3.63) is 92.8 Å². The molecule has 0 radical (unpaired) electrons. The second kappa shape index (κ2) is 8.82. The summed E-state index contributed by atoms with van der Waals surface area (Å²) in [6.07, 6.45) is 0. The molecule has 0 fully saturated rings. The zero-order chi connectivity index (χ0) is 21.8. The summed E-state index contributed by atoms with van der Waals surface area (Å²) in [4.78, 5) is 23.3. The molecule has 2 N–H and O–H groups in total. The number of non-ortho nitro benzene ring substituents is 1. The summed E-state index contributed by atoms with van der Waals surface area (Å²) in [6, 6.07) is 16.2. The van der Waals surface area contributed by atoms with Gasteiger partial charge in [-0.3, -0.25) is 10.1 Å². The van der Waals surface area contributed by atoms with E-state index in [-0.39, 0.29) is 28.3 Å². The maximum atomic E-state index is 12.8. The number of carbonyl (C=O) groups is 1. The average molecular weight is 423 g/mol. The number of aliphatic carboxylic acids is 1. The van der Waals surface area contributed by atoms with E-state index in [1.165, 1.54) is 18.2 Å². The predicted molar refractivity (Wildman–Crippen MR) is 110 cm³/mol. The van der Waals surface area contributed by atoms with Crippen molar-refractivity contribution in [1.29, 1.82) is 5.26 Å². The Hall–Kier alpha value is -3.61. The Morgan fingerprint density at radius 1 is 1.27 bits per heavy atom. The van der Waals surface area contributed by atoms with E-state index < -0.39 is 28.0 Å². The van der Waals surface area contributed by atoms with Crippen molar-refractivity contribution in [3.63, 3.8) is 0 Å². The summed E-state index contributed by atoms with van der Waals surface area (Å²) in [7, 11) is 0. The van der Waals surface area contributed by atoms with Crippen LogP contribution in [-0.4, -0.2) is 26.3 Å². The van der Waals surface area contributed by atoms with Gasteiger partial charge in [0.2, 0.25) is 0 Å². The van der Waals surface area contributed by atoms with Crippen molar-refractivity contribution in [2.24, 2.45) is 0 Å². The van der Waals surface area contributed by atoms with Crippen LogP contribution in [-0.2, 0) is 16.0 Å². The monoisotopic (exact) mass is 423 g/mol. The summed E-state index contributed by atoms with van der Waals surface area (Å²) >= 11 is -1.53. The minimum Gasteiger partial charge on any atom is -0.611 e. The minimum absolute atomic E-state index is 0.104. The third-order valence-corrected chi connectivity index (χ3v) is 6.04. The highest BCUT2D eigenvalue weighted by Gasteiger charge is 2.36. The van der Waals surface area contributed by atoms with E-state index in [1.807, 2.05) is 6.07 Å². The molecule has 8 nitrogen and oxygen atoms in total. The predicted octanol–water partition coefficient (Wildman–Crippen LogP) is 3.23. The summed E-state index contributed by atoms with van der Waals surface area (Å²) in [5.41, 5.74) is 0.711. The topological polar surface area (TPSA) is 139 Å². The molecular formula is C21H17N3O5S. The van der Waals surface area contributed by atoms with Gasteiger partial charge in [0.15, 0.2) is 10.6 Å². The maximum absolute atomic E-state index is 12.8. The van der Waals surface area contributed by atoms with Crippen molar-refractivity contribution >= 4 is 22.8 Å². The van der Waals surface area contributed by atoms with Crippen LogP contribution in [0.2, 0.25) is 0 Å². The Morgan fingerprint density at radius 2 is 1.97 bits per heavy atom. The number of carboxylic acids is 1. The van der Waals surface area contributed by atoms with Gasteiger partial charge in [-0.25, -0.2) is 4.79 Å². The molecule has 0 aromatic heterocycles. The zero-order valence-electron chi connectivity index (χ0n) is 15.9. The zero-order valence-corrected chi connectivity index (χ0v) is 16.7. The van der Waals surface area contributed by atoms with Crippen LogP contribution in [0.15, 0.2) is 82.0 Å². The Balaban J connectivity index is 2.12. The second-order valence-corrected chi connectivity index (χ2v) is 8.01. The van der Waals surface area contributed by atoms with Gasteiger partial charge in [-0.2, -0.15) is 5.26 Å². The molecule has 0 saturated heterocycles. The number of rotatable bonds is 6. The SMILES string of the molecule is CC1=C(C#N)C(c2cccc([N+](=O)[O-])c2)C(C(=O)O)=C(C[S+]([O-])c2ccccc2)N1. The number of benzene rings is 2. The number of nitrogens with one attached hydrogen (secondary N) is 1.